The number of hydrogen-bond donors (Lipinski definition) is 4. The highest BCUT2D eigenvalue weighted by molar-refractivity contribution is 6.34. The van der Waals surface area contributed by atoms with E-state index in [0.29, 0.717) is 37.8 Å². The van der Waals surface area contributed by atoms with E-state index in [1.54, 1.807) is 43.6 Å². The van der Waals surface area contributed by atoms with Gasteiger partial charge in [-0.05, 0) is 47.5 Å². The number of phenolic OH excluding ortho intramolecular Hbond substituents is 1. The van der Waals surface area contributed by atoms with Crippen LogP contribution in [0.5, 0.6) is 5.75 Å². The lowest BCUT2D eigenvalue weighted by Gasteiger charge is -2.14. The topological polar surface area (TPSA) is 141 Å². The quantitative estimate of drug-likeness (QED) is 0.112. The van der Waals surface area contributed by atoms with Crippen LogP contribution in [-0.4, -0.2) is 49.7 Å². The maximum Gasteiger partial charge on any atom is 0.255 e. The zero-order valence-electron chi connectivity index (χ0n) is 24.6. The van der Waals surface area contributed by atoms with Crippen molar-refractivity contribution in [1.29, 1.82) is 0 Å². The molecule has 9 nitrogen and oxygen atoms in total. The molecule has 0 fully saturated rings. The standard InChI is InChI=1S/C35H28Cl2N4O5/c1-2-30(43)33-27(14-23(42)18-38-34(45)25-5-3-4-6-31(25)44)28-15-26(19-7-10-22(36)11-8-19)32(41-35(28)46-33)24-12-9-20(13-29(24)37)21-16-39-40-17-21/h3-13,15-17,23,42,44H,2,14,18H2,1H3,(H,38,45)(H,39,40). The van der Waals surface area contributed by atoms with Crippen molar-refractivity contribution in [3.63, 3.8) is 0 Å². The molecule has 0 aliphatic carbocycles. The molecule has 0 spiro atoms. The molecule has 0 saturated carbocycles. The maximum absolute atomic E-state index is 13.1. The van der Waals surface area contributed by atoms with Crippen LogP contribution in [0.25, 0.3) is 44.6 Å². The number of amides is 1. The van der Waals surface area contributed by atoms with Crippen molar-refractivity contribution in [2.24, 2.45) is 0 Å². The van der Waals surface area contributed by atoms with Crippen LogP contribution in [0.15, 0.2) is 89.6 Å². The van der Waals surface area contributed by atoms with Gasteiger partial charge in [0, 0.05) is 58.2 Å². The summed E-state index contributed by atoms with van der Waals surface area (Å²) in [6.07, 6.45) is 2.57. The first-order chi connectivity index (χ1) is 22.2. The van der Waals surface area contributed by atoms with Crippen molar-refractivity contribution in [2.75, 3.05) is 6.54 Å². The van der Waals surface area contributed by atoms with Crippen molar-refractivity contribution < 1.29 is 24.2 Å². The largest absolute Gasteiger partial charge is 0.507 e. The molecular formula is C35H28Cl2N4O5. The van der Waals surface area contributed by atoms with E-state index in [-0.39, 0.29) is 48.0 Å². The number of phenols is 1. The Kier molecular flexibility index (Phi) is 8.90. The number of benzene rings is 3. The molecule has 0 saturated heterocycles. The summed E-state index contributed by atoms with van der Waals surface area (Å²) < 4.78 is 6.09. The maximum atomic E-state index is 13.1. The first-order valence-corrected chi connectivity index (χ1v) is 15.3. The Labute approximate surface area is 273 Å². The average Bonchev–Trinajstić information content (AvgIpc) is 3.72. The van der Waals surface area contributed by atoms with Crippen LogP contribution in [0.2, 0.25) is 10.0 Å². The summed E-state index contributed by atoms with van der Waals surface area (Å²) in [5, 5.41) is 32.1. The highest BCUT2D eigenvalue weighted by Crippen LogP contribution is 2.40. The molecule has 1 atom stereocenters. The van der Waals surface area contributed by atoms with Crippen LogP contribution < -0.4 is 5.32 Å². The number of rotatable bonds is 10. The molecule has 46 heavy (non-hydrogen) atoms. The monoisotopic (exact) mass is 654 g/mol. The molecular weight excluding hydrogens is 627 g/mol. The van der Waals surface area contributed by atoms with Crippen molar-refractivity contribution >= 4 is 46.0 Å². The number of carbonyl (C=O) groups is 2. The number of aliphatic hydroxyl groups excluding tert-OH is 1. The van der Waals surface area contributed by atoms with E-state index in [2.05, 4.69) is 15.5 Å². The van der Waals surface area contributed by atoms with E-state index in [4.69, 9.17) is 32.6 Å². The molecule has 0 radical (unpaired) electrons. The third kappa shape index (κ3) is 6.25. The number of nitrogens with one attached hydrogen (secondary N) is 2. The number of carbonyl (C=O) groups excluding carboxylic acids is 2. The van der Waals surface area contributed by atoms with Gasteiger partial charge >= 0.3 is 0 Å². The lowest BCUT2D eigenvalue weighted by atomic mass is 9.95. The number of hydrogen-bond acceptors (Lipinski definition) is 7. The number of halogens is 2. The van der Waals surface area contributed by atoms with Gasteiger partial charge in [-0.3, -0.25) is 14.7 Å². The number of pyridine rings is 1. The molecule has 6 aromatic rings. The predicted molar refractivity (Wildman–Crippen MR) is 177 cm³/mol. The van der Waals surface area contributed by atoms with Gasteiger partial charge in [-0.15, -0.1) is 0 Å². The van der Waals surface area contributed by atoms with Gasteiger partial charge in [0.05, 0.1) is 28.6 Å². The van der Waals surface area contributed by atoms with E-state index < -0.39 is 12.0 Å². The number of Topliss-reactive ketones (excluding diaryl/α,β-unsaturated/α-hetero) is 1. The Hall–Kier alpha value is -4.96. The first-order valence-electron chi connectivity index (χ1n) is 14.5. The smallest absolute Gasteiger partial charge is 0.255 e. The van der Waals surface area contributed by atoms with Crippen molar-refractivity contribution in [3.05, 3.63) is 112 Å². The lowest BCUT2D eigenvalue weighted by Crippen LogP contribution is -2.33. The van der Waals surface area contributed by atoms with Crippen LogP contribution in [0.4, 0.5) is 0 Å². The number of nitrogens with zero attached hydrogens (tertiary/aromatic N) is 2. The Bertz CT molecular complexity index is 2060. The number of furan rings is 1. The molecule has 3 heterocycles. The molecule has 3 aromatic carbocycles. The molecule has 1 amide bonds. The van der Waals surface area contributed by atoms with Crippen molar-refractivity contribution in [2.45, 2.75) is 25.9 Å². The normalized spacial score (nSPS) is 11.9. The minimum absolute atomic E-state index is 0.00361. The van der Waals surface area contributed by atoms with E-state index in [9.17, 15) is 19.8 Å². The molecule has 1 unspecified atom stereocenters. The Balaban J connectivity index is 1.42. The molecule has 232 valence electrons. The van der Waals surface area contributed by atoms with Crippen molar-refractivity contribution in [1.82, 2.24) is 20.5 Å². The van der Waals surface area contributed by atoms with Gasteiger partial charge in [0.15, 0.2) is 11.5 Å². The summed E-state index contributed by atoms with van der Waals surface area (Å²) in [6.45, 7) is 1.59. The number of aromatic hydroxyl groups is 1. The minimum Gasteiger partial charge on any atom is -0.507 e. The molecule has 0 aliphatic rings. The molecule has 6 rings (SSSR count). The van der Waals surface area contributed by atoms with Gasteiger partial charge in [-0.2, -0.15) is 5.10 Å². The second kappa shape index (κ2) is 13.2. The molecule has 3 aromatic heterocycles. The second-order valence-electron chi connectivity index (χ2n) is 10.7. The number of H-pyrrole nitrogens is 1. The SMILES string of the molecule is CCC(=O)c1oc2nc(-c3ccc(-c4cn[nH]c4)cc3Cl)c(-c3ccc(Cl)cc3)cc2c1CC(O)CNC(=O)c1ccccc1O. The van der Waals surface area contributed by atoms with Crippen LogP contribution >= 0.6 is 23.2 Å². The molecule has 0 aliphatic heterocycles. The zero-order chi connectivity index (χ0) is 32.4. The fraction of sp³-hybridized carbons (Fsp3) is 0.143. The Morgan fingerprint density at radius 3 is 2.43 bits per heavy atom. The lowest BCUT2D eigenvalue weighted by molar-refractivity contribution is 0.0908. The molecule has 4 N–H and O–H groups in total. The van der Waals surface area contributed by atoms with Crippen molar-refractivity contribution in [3.8, 4) is 39.3 Å². The third-order valence-electron chi connectivity index (χ3n) is 7.66. The van der Waals surface area contributed by atoms with Crippen LogP contribution in [0, 0.1) is 0 Å². The number of aromatic amines is 1. The summed E-state index contributed by atoms with van der Waals surface area (Å²) in [6, 6.07) is 20.9. The van der Waals surface area contributed by atoms with E-state index >= 15 is 0 Å². The highest BCUT2D eigenvalue weighted by Gasteiger charge is 2.26. The zero-order valence-corrected chi connectivity index (χ0v) is 26.1. The van der Waals surface area contributed by atoms with Crippen LogP contribution in [-0.2, 0) is 6.42 Å². The minimum atomic E-state index is -1.08. The summed E-state index contributed by atoms with van der Waals surface area (Å²) in [4.78, 5) is 30.6. The van der Waals surface area contributed by atoms with Gasteiger partial charge in [0.1, 0.15) is 5.75 Å². The fourth-order valence-corrected chi connectivity index (χ4v) is 5.68. The number of ketones is 1. The van der Waals surface area contributed by atoms with E-state index in [1.807, 2.05) is 36.4 Å². The van der Waals surface area contributed by atoms with Gasteiger partial charge in [0.25, 0.3) is 5.91 Å². The summed E-state index contributed by atoms with van der Waals surface area (Å²) >= 11 is 13.1. The Morgan fingerprint density at radius 2 is 1.74 bits per heavy atom. The van der Waals surface area contributed by atoms with Crippen LogP contribution in [0.1, 0.15) is 39.8 Å². The number of para-hydroxylation sites is 1. The first kappa shape index (κ1) is 31.0. The molecule has 11 heteroatoms. The fourth-order valence-electron chi connectivity index (χ4n) is 5.29. The third-order valence-corrected chi connectivity index (χ3v) is 8.22. The van der Waals surface area contributed by atoms with E-state index in [0.717, 1.165) is 16.7 Å². The number of aliphatic hydroxyl groups is 1. The predicted octanol–water partition coefficient (Wildman–Crippen LogP) is 7.49. The molecule has 0 bridgehead atoms. The summed E-state index contributed by atoms with van der Waals surface area (Å²) in [7, 11) is 0. The van der Waals surface area contributed by atoms with Gasteiger partial charge in [-0.1, -0.05) is 66.5 Å². The Morgan fingerprint density at radius 1 is 0.978 bits per heavy atom. The average molecular weight is 656 g/mol. The number of aromatic nitrogens is 3. The van der Waals surface area contributed by atoms with Gasteiger partial charge in [-0.25, -0.2) is 4.98 Å². The van der Waals surface area contributed by atoms with E-state index in [1.165, 1.54) is 12.1 Å². The van der Waals surface area contributed by atoms with Crippen LogP contribution in [0.3, 0.4) is 0 Å². The van der Waals surface area contributed by atoms with Gasteiger partial charge in [0.2, 0.25) is 5.71 Å². The second-order valence-corrected chi connectivity index (χ2v) is 11.5. The summed E-state index contributed by atoms with van der Waals surface area (Å²) in [5.74, 6) is -0.864. The summed E-state index contributed by atoms with van der Waals surface area (Å²) in [5.41, 5.74) is 5.21. The van der Waals surface area contributed by atoms with Gasteiger partial charge < -0.3 is 19.9 Å². The highest BCUT2D eigenvalue weighted by atomic mass is 35.5. The number of fused-ring (bicyclic) bond motifs is 1.